The summed E-state index contributed by atoms with van der Waals surface area (Å²) in [7, 11) is 0. The van der Waals surface area contributed by atoms with Gasteiger partial charge in [0.2, 0.25) is 11.8 Å². The summed E-state index contributed by atoms with van der Waals surface area (Å²) in [5, 5.41) is 3.21. The van der Waals surface area contributed by atoms with E-state index in [2.05, 4.69) is 15.3 Å². The zero-order valence-corrected chi connectivity index (χ0v) is 8.77. The molecule has 82 valence electrons. The minimum atomic E-state index is 0.321. The third kappa shape index (κ3) is 2.79. The summed E-state index contributed by atoms with van der Waals surface area (Å²) in [5.41, 5.74) is 0. The van der Waals surface area contributed by atoms with Crippen molar-refractivity contribution >= 4 is 5.95 Å². The molecule has 0 aromatic carbocycles. The Morgan fingerprint density at radius 3 is 3.33 bits per heavy atom. The Bertz CT molecular complexity index is 313. The molecule has 1 atom stereocenters. The first-order chi connectivity index (χ1) is 7.38. The molecule has 5 nitrogen and oxygen atoms in total. The lowest BCUT2D eigenvalue weighted by molar-refractivity contribution is 0.195. The average molecular weight is 209 g/mol. The van der Waals surface area contributed by atoms with Crippen LogP contribution in [0.5, 0.6) is 5.88 Å². The molecule has 0 bridgehead atoms. The number of ether oxygens (including phenoxy) is 2. The number of nitrogens with zero attached hydrogens (tertiary/aromatic N) is 2. The van der Waals surface area contributed by atoms with Crippen molar-refractivity contribution in [2.45, 2.75) is 19.4 Å². The van der Waals surface area contributed by atoms with Crippen LogP contribution in [-0.2, 0) is 4.74 Å². The maximum Gasteiger partial charge on any atom is 0.226 e. The topological polar surface area (TPSA) is 56.3 Å². The normalized spacial score (nSPS) is 20.2. The van der Waals surface area contributed by atoms with Gasteiger partial charge in [-0.25, -0.2) is 4.98 Å². The van der Waals surface area contributed by atoms with Crippen LogP contribution in [0.25, 0.3) is 0 Å². The zero-order valence-electron chi connectivity index (χ0n) is 8.77. The van der Waals surface area contributed by atoms with Crippen LogP contribution >= 0.6 is 0 Å². The van der Waals surface area contributed by atoms with Gasteiger partial charge in [0.1, 0.15) is 0 Å². The average Bonchev–Trinajstić information content (AvgIpc) is 2.71. The molecule has 1 saturated heterocycles. The minimum absolute atomic E-state index is 0.321. The quantitative estimate of drug-likeness (QED) is 0.804. The van der Waals surface area contributed by atoms with E-state index in [-0.39, 0.29) is 0 Å². The van der Waals surface area contributed by atoms with Gasteiger partial charge in [-0.2, -0.15) is 4.98 Å². The zero-order chi connectivity index (χ0) is 10.5. The summed E-state index contributed by atoms with van der Waals surface area (Å²) < 4.78 is 10.5. The van der Waals surface area contributed by atoms with Crippen LogP contribution in [0.2, 0.25) is 0 Å². The molecule has 2 heterocycles. The fraction of sp³-hybridized carbons (Fsp3) is 0.600. The van der Waals surface area contributed by atoms with Crippen molar-refractivity contribution in [3.05, 3.63) is 12.3 Å². The Morgan fingerprint density at radius 1 is 1.67 bits per heavy atom. The fourth-order valence-corrected chi connectivity index (χ4v) is 1.47. The van der Waals surface area contributed by atoms with Crippen LogP contribution in [0.4, 0.5) is 5.95 Å². The monoisotopic (exact) mass is 209 g/mol. The Labute approximate surface area is 88.8 Å². The first kappa shape index (κ1) is 10.2. The van der Waals surface area contributed by atoms with Crippen LogP contribution in [0.1, 0.15) is 13.3 Å². The van der Waals surface area contributed by atoms with Gasteiger partial charge in [-0.1, -0.05) is 0 Å². The maximum atomic E-state index is 5.29. The third-order valence-corrected chi connectivity index (χ3v) is 2.19. The van der Waals surface area contributed by atoms with Crippen molar-refractivity contribution < 1.29 is 9.47 Å². The lowest BCUT2D eigenvalue weighted by Crippen LogP contribution is -2.20. The smallest absolute Gasteiger partial charge is 0.226 e. The SMILES string of the molecule is CCOc1ccnc(NC2CCOC2)n1. The number of hydrogen-bond donors (Lipinski definition) is 1. The summed E-state index contributed by atoms with van der Waals surface area (Å²) in [6.45, 7) is 4.08. The van der Waals surface area contributed by atoms with Crippen molar-refractivity contribution in [3.63, 3.8) is 0 Å². The van der Waals surface area contributed by atoms with E-state index in [0.29, 0.717) is 24.5 Å². The van der Waals surface area contributed by atoms with E-state index in [4.69, 9.17) is 9.47 Å². The molecule has 1 aliphatic heterocycles. The predicted octanol–water partition coefficient (Wildman–Crippen LogP) is 1.08. The molecule has 0 amide bonds. The van der Waals surface area contributed by atoms with Crippen LogP contribution in [-0.4, -0.2) is 35.8 Å². The molecule has 0 radical (unpaired) electrons. The molecule has 1 aromatic rings. The van der Waals surface area contributed by atoms with Gasteiger partial charge in [-0.3, -0.25) is 0 Å². The largest absolute Gasteiger partial charge is 0.478 e. The van der Waals surface area contributed by atoms with E-state index in [1.165, 1.54) is 0 Å². The first-order valence-electron chi connectivity index (χ1n) is 5.18. The van der Waals surface area contributed by atoms with Crippen LogP contribution in [0.15, 0.2) is 12.3 Å². The lowest BCUT2D eigenvalue weighted by Gasteiger charge is -2.10. The molecule has 2 rings (SSSR count). The van der Waals surface area contributed by atoms with Crippen molar-refractivity contribution in [2.24, 2.45) is 0 Å². The summed E-state index contributed by atoms with van der Waals surface area (Å²) in [6, 6.07) is 2.07. The molecule has 1 fully saturated rings. The van der Waals surface area contributed by atoms with E-state index in [1.807, 2.05) is 6.92 Å². The minimum Gasteiger partial charge on any atom is -0.478 e. The highest BCUT2D eigenvalue weighted by atomic mass is 16.5. The molecule has 1 aromatic heterocycles. The summed E-state index contributed by atoms with van der Waals surface area (Å²) in [6.07, 6.45) is 2.69. The summed E-state index contributed by atoms with van der Waals surface area (Å²) in [5.74, 6) is 1.21. The Morgan fingerprint density at radius 2 is 2.60 bits per heavy atom. The van der Waals surface area contributed by atoms with E-state index in [9.17, 15) is 0 Å². The second kappa shape index (κ2) is 4.93. The highest BCUT2D eigenvalue weighted by molar-refractivity contribution is 5.29. The molecule has 1 unspecified atom stereocenters. The number of hydrogen-bond acceptors (Lipinski definition) is 5. The highest BCUT2D eigenvalue weighted by Crippen LogP contribution is 2.12. The van der Waals surface area contributed by atoms with Crippen molar-refractivity contribution in [1.29, 1.82) is 0 Å². The second-order valence-electron chi connectivity index (χ2n) is 3.36. The van der Waals surface area contributed by atoms with E-state index in [1.54, 1.807) is 12.3 Å². The summed E-state index contributed by atoms with van der Waals surface area (Å²) in [4.78, 5) is 8.35. The standard InChI is InChI=1S/C10H15N3O2/c1-2-15-9-3-5-11-10(13-9)12-8-4-6-14-7-8/h3,5,8H,2,4,6-7H2,1H3,(H,11,12,13). The van der Waals surface area contributed by atoms with Crippen molar-refractivity contribution in [1.82, 2.24) is 9.97 Å². The van der Waals surface area contributed by atoms with E-state index < -0.39 is 0 Å². The van der Waals surface area contributed by atoms with Gasteiger partial charge in [0, 0.05) is 18.9 Å². The maximum absolute atomic E-state index is 5.29. The van der Waals surface area contributed by atoms with Gasteiger partial charge >= 0.3 is 0 Å². The molecule has 0 spiro atoms. The van der Waals surface area contributed by atoms with Gasteiger partial charge < -0.3 is 14.8 Å². The highest BCUT2D eigenvalue weighted by Gasteiger charge is 2.16. The number of anilines is 1. The molecular formula is C10H15N3O2. The molecular weight excluding hydrogens is 194 g/mol. The Balaban J connectivity index is 1.97. The second-order valence-corrected chi connectivity index (χ2v) is 3.36. The number of aromatic nitrogens is 2. The van der Waals surface area contributed by atoms with Crippen LogP contribution < -0.4 is 10.1 Å². The van der Waals surface area contributed by atoms with Gasteiger partial charge in [0.05, 0.1) is 19.3 Å². The first-order valence-corrected chi connectivity index (χ1v) is 5.18. The number of nitrogens with one attached hydrogen (secondary N) is 1. The van der Waals surface area contributed by atoms with Gasteiger partial charge in [0.15, 0.2) is 0 Å². The predicted molar refractivity (Wildman–Crippen MR) is 56.0 cm³/mol. The van der Waals surface area contributed by atoms with E-state index in [0.717, 1.165) is 19.6 Å². The Hall–Kier alpha value is -1.36. The van der Waals surface area contributed by atoms with Gasteiger partial charge in [-0.05, 0) is 13.3 Å². The van der Waals surface area contributed by atoms with Crippen molar-refractivity contribution in [2.75, 3.05) is 25.1 Å². The van der Waals surface area contributed by atoms with Crippen LogP contribution in [0, 0.1) is 0 Å². The van der Waals surface area contributed by atoms with Crippen molar-refractivity contribution in [3.8, 4) is 5.88 Å². The molecule has 0 aliphatic carbocycles. The number of rotatable bonds is 4. The lowest BCUT2D eigenvalue weighted by atomic mass is 10.3. The molecule has 0 saturated carbocycles. The fourth-order valence-electron chi connectivity index (χ4n) is 1.47. The molecule has 1 N–H and O–H groups in total. The third-order valence-electron chi connectivity index (χ3n) is 2.19. The molecule has 15 heavy (non-hydrogen) atoms. The van der Waals surface area contributed by atoms with Gasteiger partial charge in [-0.15, -0.1) is 0 Å². The van der Waals surface area contributed by atoms with E-state index >= 15 is 0 Å². The molecule has 1 aliphatic rings. The van der Waals surface area contributed by atoms with Gasteiger partial charge in [0.25, 0.3) is 0 Å². The molecule has 5 heteroatoms. The van der Waals surface area contributed by atoms with Crippen LogP contribution in [0.3, 0.4) is 0 Å². The Kier molecular flexibility index (Phi) is 3.34. The summed E-state index contributed by atoms with van der Waals surface area (Å²) >= 11 is 0.